The van der Waals surface area contributed by atoms with E-state index in [9.17, 15) is 19.1 Å². The number of likely N-dealkylation sites (N-methyl/N-ethyl adjacent to an activating group) is 1. The Morgan fingerprint density at radius 3 is 2.26 bits per heavy atom. The molecule has 0 saturated carbocycles. The number of rotatable bonds is 15. The summed E-state index contributed by atoms with van der Waals surface area (Å²) in [5.41, 5.74) is 3.02. The van der Waals surface area contributed by atoms with Gasteiger partial charge in [-0.25, -0.2) is 9.18 Å². The highest BCUT2D eigenvalue weighted by Gasteiger charge is 2.20. The van der Waals surface area contributed by atoms with Crippen LogP contribution in [0.5, 0.6) is 5.75 Å². The summed E-state index contributed by atoms with van der Waals surface area (Å²) in [6, 6.07) is 2.25. The maximum atomic E-state index is 14.6. The van der Waals surface area contributed by atoms with Crippen molar-refractivity contribution in [1.82, 2.24) is 10.6 Å². The lowest BCUT2D eigenvalue weighted by Gasteiger charge is -2.15. The molecule has 1 rings (SSSR count). The molecule has 0 heterocycles. The zero-order chi connectivity index (χ0) is 32.9. The Kier molecular flexibility index (Phi) is 19.1. The van der Waals surface area contributed by atoms with E-state index >= 15 is 0 Å². The van der Waals surface area contributed by atoms with Gasteiger partial charge in [0.15, 0.2) is 11.6 Å². The van der Waals surface area contributed by atoms with E-state index in [2.05, 4.69) is 17.2 Å². The molecule has 1 amide bonds. The Hall–Kier alpha value is -4.43. The maximum Gasteiger partial charge on any atom is 0.336 e. The molecule has 0 spiro atoms. The van der Waals surface area contributed by atoms with Crippen LogP contribution in [0, 0.1) is 5.82 Å². The van der Waals surface area contributed by atoms with E-state index in [0.717, 1.165) is 17.7 Å². The largest absolute Gasteiger partial charge is 0.494 e. The molecule has 43 heavy (non-hydrogen) atoms. The van der Waals surface area contributed by atoms with Crippen LogP contribution in [-0.4, -0.2) is 44.3 Å². The molecule has 0 unspecified atom stereocenters. The van der Waals surface area contributed by atoms with Crippen LogP contribution in [0.3, 0.4) is 0 Å². The summed E-state index contributed by atoms with van der Waals surface area (Å²) >= 11 is 0. The van der Waals surface area contributed by atoms with Gasteiger partial charge in [0.25, 0.3) is 5.91 Å². The number of amides is 1. The van der Waals surface area contributed by atoms with E-state index in [1.165, 1.54) is 7.11 Å². The summed E-state index contributed by atoms with van der Waals surface area (Å²) < 4.78 is 25.4. The number of carbonyl (C=O) groups excluding carboxylic acids is 1. The molecule has 0 aliphatic heterocycles. The molecular formula is C35H47FN2O5. The first-order valence-corrected chi connectivity index (χ1v) is 14.0. The normalized spacial score (nSPS) is 12.5. The third kappa shape index (κ3) is 13.9. The van der Waals surface area contributed by atoms with E-state index in [4.69, 9.17) is 9.47 Å². The first kappa shape index (κ1) is 38.6. The smallest absolute Gasteiger partial charge is 0.336 e. The minimum absolute atomic E-state index is 0.141. The highest BCUT2D eigenvalue weighted by atomic mass is 19.1. The second kappa shape index (κ2) is 21.3. The topological polar surface area (TPSA) is 96.9 Å². The Balaban J connectivity index is 0.00000862. The maximum absolute atomic E-state index is 14.6. The SMILES string of the molecule is C=C/C=C\C=C(/C)COC(/C=C\C)=C/C=C(\C)NC(=O)C(/C=C(\CNC)c1cc(F)c(OC)cc1C(=O)O)=C(C)C.CC. The Morgan fingerprint density at radius 1 is 1.05 bits per heavy atom. The lowest BCUT2D eigenvalue weighted by Crippen LogP contribution is -2.24. The van der Waals surface area contributed by atoms with Crippen molar-refractivity contribution in [3.8, 4) is 5.75 Å². The van der Waals surface area contributed by atoms with Crippen molar-refractivity contribution in [1.29, 1.82) is 0 Å². The first-order chi connectivity index (χ1) is 20.5. The average Bonchev–Trinajstić information content (AvgIpc) is 2.97. The lowest BCUT2D eigenvalue weighted by molar-refractivity contribution is -0.116. The highest BCUT2D eigenvalue weighted by Crippen LogP contribution is 2.28. The first-order valence-electron chi connectivity index (χ1n) is 14.0. The van der Waals surface area contributed by atoms with E-state index in [-0.39, 0.29) is 23.4 Å². The molecule has 0 radical (unpaired) electrons. The lowest BCUT2D eigenvalue weighted by atomic mass is 9.95. The molecule has 0 aromatic heterocycles. The van der Waals surface area contributed by atoms with Gasteiger partial charge in [0, 0.05) is 17.8 Å². The molecular weight excluding hydrogens is 547 g/mol. The second-order valence-corrected chi connectivity index (χ2v) is 9.25. The summed E-state index contributed by atoms with van der Waals surface area (Å²) in [5, 5.41) is 15.6. The van der Waals surface area contributed by atoms with Gasteiger partial charge in [0.05, 0.1) is 12.7 Å². The number of carbonyl (C=O) groups is 2. The Morgan fingerprint density at radius 2 is 1.72 bits per heavy atom. The number of benzene rings is 1. The fourth-order valence-corrected chi connectivity index (χ4v) is 3.53. The van der Waals surface area contributed by atoms with Crippen molar-refractivity contribution >= 4 is 17.4 Å². The van der Waals surface area contributed by atoms with E-state index in [0.29, 0.717) is 34.8 Å². The summed E-state index contributed by atoms with van der Waals surface area (Å²) in [7, 11) is 2.94. The fourth-order valence-electron chi connectivity index (χ4n) is 3.53. The van der Waals surface area contributed by atoms with Crippen LogP contribution in [0.2, 0.25) is 0 Å². The second-order valence-electron chi connectivity index (χ2n) is 9.25. The van der Waals surface area contributed by atoms with Crippen LogP contribution >= 0.6 is 0 Å². The standard InChI is InChI=1S/C33H41FN2O5.C2H6/c1-9-11-12-14-23(5)21-41-26(13-10-2)16-15-24(6)36-32(37)27(22(3)4)17-25(20-35-7)28-18-30(34)31(40-8)19-29(28)33(38)39;1-2/h9-19,35H,1,20-21H2,2-8H3,(H,36,37)(H,38,39);1-2H3/b12-11-,13-10-,23-14+,24-15+,25-17+,26-16+;. The quantitative estimate of drug-likeness (QED) is 0.109. The predicted molar refractivity (Wildman–Crippen MR) is 175 cm³/mol. The minimum atomic E-state index is -1.24. The zero-order valence-corrected chi connectivity index (χ0v) is 26.9. The number of hydrogen-bond donors (Lipinski definition) is 3. The molecule has 0 fully saturated rings. The van der Waals surface area contributed by atoms with Gasteiger partial charge < -0.3 is 25.2 Å². The molecule has 0 saturated heterocycles. The van der Waals surface area contributed by atoms with Gasteiger partial charge in [-0.3, -0.25) is 4.79 Å². The van der Waals surface area contributed by atoms with Crippen molar-refractivity contribution < 1.29 is 28.6 Å². The van der Waals surface area contributed by atoms with Crippen LogP contribution in [0.15, 0.2) is 102 Å². The van der Waals surface area contributed by atoms with Gasteiger partial charge >= 0.3 is 5.97 Å². The third-order valence-corrected chi connectivity index (χ3v) is 5.57. The number of ether oxygens (including phenoxy) is 2. The number of allylic oxidation sites excluding steroid dienone is 10. The molecule has 1 aromatic carbocycles. The number of aromatic carboxylic acids is 1. The van der Waals surface area contributed by atoms with Crippen LogP contribution < -0.4 is 15.4 Å². The number of nitrogens with one attached hydrogen (secondary N) is 2. The van der Waals surface area contributed by atoms with E-state index < -0.39 is 17.7 Å². The van der Waals surface area contributed by atoms with Gasteiger partial charge in [-0.2, -0.15) is 0 Å². The fraction of sp³-hybridized carbons (Fsp3) is 0.314. The van der Waals surface area contributed by atoms with Gasteiger partial charge in [-0.05, 0) is 94.8 Å². The summed E-state index contributed by atoms with van der Waals surface area (Å²) in [6.07, 6.45) is 16.1. The van der Waals surface area contributed by atoms with Crippen molar-refractivity contribution in [3.05, 3.63) is 119 Å². The third-order valence-electron chi connectivity index (χ3n) is 5.57. The number of halogens is 1. The van der Waals surface area contributed by atoms with E-state index in [1.807, 2.05) is 58.1 Å². The molecule has 3 N–H and O–H groups in total. The van der Waals surface area contributed by atoms with Crippen molar-refractivity contribution in [2.45, 2.75) is 48.5 Å². The van der Waals surface area contributed by atoms with Gasteiger partial charge in [-0.1, -0.05) is 56.4 Å². The van der Waals surface area contributed by atoms with Crippen LogP contribution in [-0.2, 0) is 9.53 Å². The molecule has 7 nitrogen and oxygen atoms in total. The van der Waals surface area contributed by atoms with Crippen molar-refractivity contribution in [2.24, 2.45) is 0 Å². The molecule has 0 aliphatic carbocycles. The molecule has 234 valence electrons. The molecule has 8 heteroatoms. The van der Waals surface area contributed by atoms with E-state index in [1.54, 1.807) is 52.1 Å². The molecule has 0 aliphatic rings. The number of hydrogen-bond acceptors (Lipinski definition) is 5. The van der Waals surface area contributed by atoms with Crippen LogP contribution in [0.1, 0.15) is 64.4 Å². The minimum Gasteiger partial charge on any atom is -0.494 e. The van der Waals surface area contributed by atoms with Gasteiger partial charge in [0.1, 0.15) is 12.4 Å². The molecule has 0 atom stereocenters. The molecule has 1 aromatic rings. The molecule has 0 bridgehead atoms. The predicted octanol–water partition coefficient (Wildman–Crippen LogP) is 7.68. The monoisotopic (exact) mass is 594 g/mol. The number of carboxylic acids is 1. The summed E-state index contributed by atoms with van der Waals surface area (Å²) in [5.74, 6) is -1.91. The average molecular weight is 595 g/mol. The van der Waals surface area contributed by atoms with Crippen molar-refractivity contribution in [3.63, 3.8) is 0 Å². The van der Waals surface area contributed by atoms with Gasteiger partial charge in [-0.15, -0.1) is 0 Å². The summed E-state index contributed by atoms with van der Waals surface area (Å²) in [6.45, 7) is 17.3. The van der Waals surface area contributed by atoms with Crippen LogP contribution in [0.4, 0.5) is 4.39 Å². The van der Waals surface area contributed by atoms with Gasteiger partial charge in [0.2, 0.25) is 0 Å². The number of carboxylic acid groups (broad SMARTS) is 1. The zero-order valence-electron chi connectivity index (χ0n) is 26.9. The van der Waals surface area contributed by atoms with Crippen LogP contribution in [0.25, 0.3) is 5.57 Å². The Bertz CT molecular complexity index is 1320. The van der Waals surface area contributed by atoms with Crippen molar-refractivity contribution in [2.75, 3.05) is 27.3 Å². The number of methoxy groups -OCH3 is 1. The highest BCUT2D eigenvalue weighted by molar-refractivity contribution is 6.01. The Labute approximate surface area is 256 Å². The summed E-state index contributed by atoms with van der Waals surface area (Å²) in [4.78, 5) is 25.3.